The Hall–Kier alpha value is -2.69. The number of hydrogen-bond donors (Lipinski definition) is 5. The fraction of sp³-hybridized carbons (Fsp3) is 0.500. The lowest BCUT2D eigenvalue weighted by Gasteiger charge is -2.26. The number of nitrogens with zero attached hydrogens (tertiary/aromatic N) is 7. The molecular weight excluding hydrogens is 688 g/mol. The molecule has 3 aliphatic rings. The van der Waals surface area contributed by atoms with Gasteiger partial charge in [-0.1, -0.05) is 17.5 Å². The van der Waals surface area contributed by atoms with Crippen LogP contribution in [-0.4, -0.2) is 94.4 Å². The number of H-pyrrole nitrogens is 1. The van der Waals surface area contributed by atoms with Crippen molar-refractivity contribution in [3.8, 4) is 0 Å². The third kappa shape index (κ3) is 5.54. The first-order chi connectivity index (χ1) is 21.3. The van der Waals surface area contributed by atoms with Crippen molar-refractivity contribution in [3.63, 3.8) is 0 Å². The van der Waals surface area contributed by atoms with Gasteiger partial charge in [-0.2, -0.15) is 9.67 Å². The van der Waals surface area contributed by atoms with Gasteiger partial charge in [0.25, 0.3) is 5.56 Å². The Bertz CT molecular complexity index is 1950. The van der Waals surface area contributed by atoms with Crippen molar-refractivity contribution < 1.29 is 45.8 Å². The van der Waals surface area contributed by atoms with Crippen LogP contribution in [0.25, 0.3) is 22.2 Å². The van der Waals surface area contributed by atoms with E-state index in [0.717, 1.165) is 4.68 Å². The standard InChI is InChI=1S/C20H22F2N10O9P2S2/c21-9-7-3-36-42(34,44)40-12-8(39-18(10(12)22)31-2-1-6-14(23)25-5-26-15(6)31)4-37-43(35,45)41-13(9)19(38-7)32-16-11(29-30-32)17(33)28-20(24)27-16/h1-2,5,7-10,12-13,18-19H,3-4H2,(H,34,44)(H,35,45)(H2,23,25,26)(H3,24,27,28,33)/t7-,8-,9+,10+,12-,13-,18-,19-,42?,43?/m1/s1. The molecule has 7 heterocycles. The second-order valence-corrected chi connectivity index (χ2v) is 15.7. The normalized spacial score (nSPS) is 37.7. The quantitative estimate of drug-likeness (QED) is 0.142. The highest BCUT2D eigenvalue weighted by Crippen LogP contribution is 2.58. The SMILES string of the molecule is Nc1nc2c(nnn2[C@@H]2O[C@@H]3COP(=O)(S)O[C@H]4[C@H](F)[C@H](n5ccc6c(N)ncnc65)O[C@@H]4COP(O)(=S)O[C@@H]2[C@H]3F)c(=O)[nH]1. The Balaban J connectivity index is 1.21. The second-order valence-electron chi connectivity index (χ2n) is 10.1. The van der Waals surface area contributed by atoms with Gasteiger partial charge in [0.05, 0.1) is 18.6 Å². The topological polar surface area (TPSA) is 252 Å². The number of halogens is 2. The second kappa shape index (κ2) is 11.2. The summed E-state index contributed by atoms with van der Waals surface area (Å²) in [5, 5.41) is 7.97. The van der Waals surface area contributed by atoms with Gasteiger partial charge in [0.2, 0.25) is 5.95 Å². The summed E-state index contributed by atoms with van der Waals surface area (Å²) in [7, 11) is 0. The number of rotatable bonds is 2. The van der Waals surface area contributed by atoms with Crippen LogP contribution in [0.4, 0.5) is 20.5 Å². The van der Waals surface area contributed by atoms with Crippen LogP contribution >= 0.6 is 25.8 Å². The molecule has 2 bridgehead atoms. The molecule has 45 heavy (non-hydrogen) atoms. The molecule has 3 aliphatic heterocycles. The third-order valence-electron chi connectivity index (χ3n) is 7.25. The van der Waals surface area contributed by atoms with Crippen LogP contribution in [0.1, 0.15) is 12.5 Å². The zero-order valence-corrected chi connectivity index (χ0v) is 25.8. The van der Waals surface area contributed by atoms with E-state index in [4.69, 9.17) is 50.8 Å². The largest absolute Gasteiger partial charge is 0.386 e. The molecule has 0 aliphatic carbocycles. The van der Waals surface area contributed by atoms with Gasteiger partial charge < -0.3 is 34.9 Å². The minimum Gasteiger partial charge on any atom is -0.383 e. The number of nitrogens with two attached hydrogens (primary N) is 2. The van der Waals surface area contributed by atoms with Gasteiger partial charge in [-0.25, -0.2) is 23.3 Å². The van der Waals surface area contributed by atoms with Gasteiger partial charge in [0.1, 0.15) is 42.2 Å². The maximum atomic E-state index is 16.0. The van der Waals surface area contributed by atoms with E-state index in [1.54, 1.807) is 6.07 Å². The number of anilines is 2. The summed E-state index contributed by atoms with van der Waals surface area (Å²) in [4.78, 5) is 37.5. The molecule has 25 heteroatoms. The molecule has 10 atom stereocenters. The zero-order chi connectivity index (χ0) is 31.8. The monoisotopic (exact) mass is 710 g/mol. The number of nitrogens with one attached hydrogen (secondary N) is 1. The molecule has 0 aromatic carbocycles. The average Bonchev–Trinajstić information content (AvgIpc) is 3.72. The van der Waals surface area contributed by atoms with Gasteiger partial charge in [-0.05, 0) is 17.9 Å². The minimum atomic E-state index is -4.45. The highest BCUT2D eigenvalue weighted by molar-refractivity contribution is 8.44. The number of ether oxygens (including phenoxy) is 2. The summed E-state index contributed by atoms with van der Waals surface area (Å²) in [5.74, 6) is -0.152. The van der Waals surface area contributed by atoms with Gasteiger partial charge in [0.15, 0.2) is 36.0 Å². The molecule has 4 aromatic rings. The number of fused-ring (bicyclic) bond motifs is 5. The van der Waals surface area contributed by atoms with Gasteiger partial charge in [0, 0.05) is 6.20 Å². The maximum Gasteiger partial charge on any atom is 0.386 e. The van der Waals surface area contributed by atoms with E-state index < -0.39 is 81.5 Å². The van der Waals surface area contributed by atoms with Crippen LogP contribution in [0.3, 0.4) is 0 Å². The van der Waals surface area contributed by atoms with E-state index in [0.29, 0.717) is 5.39 Å². The number of aromatic amines is 1. The first-order valence-electron chi connectivity index (χ1n) is 12.9. The van der Waals surface area contributed by atoms with Gasteiger partial charge in [-0.15, -0.1) is 5.10 Å². The molecule has 0 amide bonds. The number of aromatic nitrogens is 8. The Labute approximate surface area is 259 Å². The lowest BCUT2D eigenvalue weighted by atomic mass is 10.1. The van der Waals surface area contributed by atoms with Gasteiger partial charge >= 0.3 is 13.5 Å². The van der Waals surface area contributed by atoms with Crippen LogP contribution < -0.4 is 17.0 Å². The molecule has 3 saturated heterocycles. The molecule has 7 rings (SSSR count). The lowest BCUT2D eigenvalue weighted by Crippen LogP contribution is -2.34. The van der Waals surface area contributed by atoms with E-state index in [1.807, 2.05) is 0 Å². The molecule has 6 N–H and O–H groups in total. The number of alkyl halides is 2. The fourth-order valence-electron chi connectivity index (χ4n) is 5.24. The molecule has 3 fully saturated rings. The summed E-state index contributed by atoms with van der Waals surface area (Å²) in [6.45, 7) is -10.3. The molecule has 0 spiro atoms. The van der Waals surface area contributed by atoms with Crippen LogP contribution in [-0.2, 0) is 43.9 Å². The van der Waals surface area contributed by atoms with Crippen molar-refractivity contribution in [2.45, 2.75) is 49.2 Å². The third-order valence-corrected chi connectivity index (χ3v) is 10.4. The number of hydrogen-bond acceptors (Lipinski definition) is 16. The molecular formula is C20H22F2N10O9P2S2. The summed E-state index contributed by atoms with van der Waals surface area (Å²) >= 11 is 9.11. The maximum absolute atomic E-state index is 16.0. The van der Waals surface area contributed by atoms with E-state index in [1.165, 1.54) is 17.1 Å². The summed E-state index contributed by atoms with van der Waals surface area (Å²) in [6.07, 6.45) is -10.8. The Morgan fingerprint density at radius 3 is 2.62 bits per heavy atom. The van der Waals surface area contributed by atoms with Crippen molar-refractivity contribution in [2.24, 2.45) is 0 Å². The Morgan fingerprint density at radius 2 is 1.82 bits per heavy atom. The smallest absolute Gasteiger partial charge is 0.383 e. The van der Waals surface area contributed by atoms with Crippen molar-refractivity contribution in [3.05, 3.63) is 28.9 Å². The van der Waals surface area contributed by atoms with Crippen LogP contribution in [0.15, 0.2) is 23.4 Å². The van der Waals surface area contributed by atoms with Crippen molar-refractivity contribution in [1.29, 1.82) is 0 Å². The first kappa shape index (κ1) is 30.9. The summed E-state index contributed by atoms with van der Waals surface area (Å²) in [6, 6.07) is 1.55. The predicted molar refractivity (Wildman–Crippen MR) is 155 cm³/mol. The minimum absolute atomic E-state index is 0.145. The molecule has 2 unspecified atom stereocenters. The number of thiol groups is 1. The van der Waals surface area contributed by atoms with Crippen molar-refractivity contribution in [2.75, 3.05) is 24.7 Å². The summed E-state index contributed by atoms with van der Waals surface area (Å²) < 4.78 is 80.8. The molecule has 242 valence electrons. The average molecular weight is 711 g/mol. The van der Waals surface area contributed by atoms with Gasteiger partial charge in [-0.3, -0.25) is 23.3 Å². The van der Waals surface area contributed by atoms with E-state index in [-0.39, 0.29) is 28.6 Å². The van der Waals surface area contributed by atoms with Crippen LogP contribution in [0, 0.1) is 0 Å². The van der Waals surface area contributed by atoms with E-state index >= 15 is 8.78 Å². The highest BCUT2D eigenvalue weighted by atomic mass is 32.7. The lowest BCUT2D eigenvalue weighted by molar-refractivity contribution is -0.0625. The fourth-order valence-corrected chi connectivity index (χ4v) is 8.13. The summed E-state index contributed by atoms with van der Waals surface area (Å²) in [5.41, 5.74) is 10.6. The van der Waals surface area contributed by atoms with E-state index in [2.05, 4.69) is 42.5 Å². The first-order valence-corrected chi connectivity index (χ1v) is 18.2. The highest BCUT2D eigenvalue weighted by Gasteiger charge is 2.54. The Kier molecular flexibility index (Phi) is 7.72. The van der Waals surface area contributed by atoms with Crippen molar-refractivity contribution in [1.82, 2.24) is 39.5 Å². The van der Waals surface area contributed by atoms with Crippen molar-refractivity contribution >= 4 is 71.5 Å². The van der Waals surface area contributed by atoms with Crippen LogP contribution in [0.2, 0.25) is 0 Å². The Morgan fingerprint density at radius 1 is 1.07 bits per heavy atom. The predicted octanol–water partition coefficient (Wildman–Crippen LogP) is 0.667. The molecule has 4 aromatic heterocycles. The zero-order valence-electron chi connectivity index (χ0n) is 22.3. The molecule has 0 saturated carbocycles. The molecule has 0 radical (unpaired) electrons. The van der Waals surface area contributed by atoms with Crippen LogP contribution in [0.5, 0.6) is 0 Å². The molecule has 19 nitrogen and oxygen atoms in total. The number of nitrogen functional groups attached to an aromatic ring is 2. The van der Waals surface area contributed by atoms with E-state index in [9.17, 15) is 14.3 Å².